The maximum Gasteiger partial charge on any atom is 0.236 e. The van der Waals surface area contributed by atoms with Gasteiger partial charge in [0.2, 0.25) is 5.91 Å². The van der Waals surface area contributed by atoms with Crippen LogP contribution in [0.1, 0.15) is 31.2 Å². The molecule has 2 aliphatic heterocycles. The van der Waals surface area contributed by atoms with Crippen LogP contribution in [0.4, 0.5) is 8.78 Å². The van der Waals surface area contributed by atoms with Crippen LogP contribution in [0.5, 0.6) is 0 Å². The number of aliphatic imine (C=N–C) groups is 1. The van der Waals surface area contributed by atoms with Crippen molar-refractivity contribution in [1.29, 1.82) is 0 Å². The van der Waals surface area contributed by atoms with E-state index >= 15 is 0 Å². The van der Waals surface area contributed by atoms with Crippen LogP contribution in [0, 0.1) is 11.6 Å². The maximum absolute atomic E-state index is 13.8. The van der Waals surface area contributed by atoms with Crippen LogP contribution in [0.15, 0.2) is 23.2 Å². The second-order valence-corrected chi connectivity index (χ2v) is 8.02. The Hall–Kier alpha value is -1.49. The maximum atomic E-state index is 13.8. The van der Waals surface area contributed by atoms with Crippen molar-refractivity contribution in [2.75, 3.05) is 59.4 Å². The van der Waals surface area contributed by atoms with Crippen molar-refractivity contribution < 1.29 is 13.6 Å². The highest BCUT2D eigenvalue weighted by atomic mass is 127. The highest BCUT2D eigenvalue weighted by molar-refractivity contribution is 14.0. The van der Waals surface area contributed by atoms with Gasteiger partial charge in [0.1, 0.15) is 11.6 Å². The molecule has 9 heteroatoms. The first-order valence-corrected chi connectivity index (χ1v) is 11.0. The van der Waals surface area contributed by atoms with E-state index in [1.54, 1.807) is 7.05 Å². The molecule has 0 saturated carbocycles. The Balaban J connectivity index is 0.00000341. The van der Waals surface area contributed by atoms with Gasteiger partial charge in [-0.3, -0.25) is 14.7 Å². The number of carbonyl (C=O) groups is 1. The molecule has 2 fully saturated rings. The second-order valence-electron chi connectivity index (χ2n) is 8.02. The van der Waals surface area contributed by atoms with E-state index in [-0.39, 0.29) is 29.9 Å². The average molecular weight is 549 g/mol. The zero-order valence-electron chi connectivity index (χ0n) is 18.3. The lowest BCUT2D eigenvalue weighted by atomic mass is 10.1. The van der Waals surface area contributed by atoms with Gasteiger partial charge in [-0.05, 0) is 30.9 Å². The number of piperazine rings is 1. The van der Waals surface area contributed by atoms with Gasteiger partial charge in [-0.25, -0.2) is 8.78 Å². The van der Waals surface area contributed by atoms with Crippen molar-refractivity contribution >= 4 is 35.8 Å². The molecule has 0 radical (unpaired) electrons. The fraction of sp³-hybridized carbons (Fsp3) is 0.636. The Morgan fingerprint density at radius 1 is 1.00 bits per heavy atom. The monoisotopic (exact) mass is 549 g/mol. The van der Waals surface area contributed by atoms with Crippen molar-refractivity contribution in [3.05, 3.63) is 35.4 Å². The summed E-state index contributed by atoms with van der Waals surface area (Å²) in [6.45, 7) is 6.00. The predicted octanol–water partition coefficient (Wildman–Crippen LogP) is 2.72. The molecule has 0 spiro atoms. The van der Waals surface area contributed by atoms with Gasteiger partial charge in [-0.1, -0.05) is 18.9 Å². The summed E-state index contributed by atoms with van der Waals surface area (Å²) in [5.41, 5.74) is 0.483. The zero-order valence-corrected chi connectivity index (χ0v) is 20.6. The molecule has 2 saturated heterocycles. The molecule has 1 aromatic rings. The smallest absolute Gasteiger partial charge is 0.236 e. The molecule has 1 N–H and O–H groups in total. The van der Waals surface area contributed by atoms with Gasteiger partial charge in [0.25, 0.3) is 0 Å². The van der Waals surface area contributed by atoms with Crippen LogP contribution in [0.2, 0.25) is 0 Å². The molecular formula is C22H34F2IN5O. The molecule has 2 aliphatic rings. The van der Waals surface area contributed by atoms with Gasteiger partial charge < -0.3 is 15.1 Å². The van der Waals surface area contributed by atoms with Gasteiger partial charge in [-0.15, -0.1) is 24.0 Å². The van der Waals surface area contributed by atoms with Crippen molar-refractivity contribution in [3.8, 4) is 0 Å². The minimum Gasteiger partial charge on any atom is -0.356 e. The number of halogens is 3. The third-order valence-corrected chi connectivity index (χ3v) is 5.89. The lowest BCUT2D eigenvalue weighted by Crippen LogP contribution is -2.54. The van der Waals surface area contributed by atoms with Crippen molar-refractivity contribution in [2.45, 2.75) is 32.1 Å². The molecule has 0 bridgehead atoms. The van der Waals surface area contributed by atoms with Crippen LogP contribution in [0.25, 0.3) is 0 Å². The van der Waals surface area contributed by atoms with Crippen LogP contribution in [-0.2, 0) is 11.2 Å². The van der Waals surface area contributed by atoms with Crippen LogP contribution in [0.3, 0.4) is 0 Å². The minimum absolute atomic E-state index is 0. The third kappa shape index (κ3) is 7.85. The summed E-state index contributed by atoms with van der Waals surface area (Å²) in [5.74, 6) is -0.0631. The largest absolute Gasteiger partial charge is 0.356 e. The Labute approximate surface area is 201 Å². The summed E-state index contributed by atoms with van der Waals surface area (Å²) in [4.78, 5) is 23.3. The summed E-state index contributed by atoms with van der Waals surface area (Å²) < 4.78 is 26.8. The Bertz CT molecular complexity index is 733. The molecule has 0 unspecified atom stereocenters. The van der Waals surface area contributed by atoms with E-state index in [4.69, 9.17) is 0 Å². The molecule has 0 atom stereocenters. The normalized spacial score (nSPS) is 18.4. The van der Waals surface area contributed by atoms with Crippen LogP contribution in [-0.4, -0.2) is 86.0 Å². The van der Waals surface area contributed by atoms with Gasteiger partial charge in [-0.2, -0.15) is 0 Å². The summed E-state index contributed by atoms with van der Waals surface area (Å²) in [7, 11) is 1.73. The number of guanidine groups is 1. The molecule has 0 aliphatic carbocycles. The number of hydrogen-bond acceptors (Lipinski definition) is 3. The number of rotatable bonds is 5. The number of likely N-dealkylation sites (tertiary alicyclic amines) is 1. The average Bonchev–Trinajstić information content (AvgIpc) is 3.03. The standard InChI is InChI=1S/C22H33F2N5O.HI/c1-25-22(26-9-8-18-6-7-19(23)16-20(18)24)29-14-12-27(13-15-29)17-21(30)28-10-4-2-3-5-11-28;/h6-7,16H,2-5,8-15,17H2,1H3,(H,25,26);1H. The SMILES string of the molecule is CN=C(NCCc1ccc(F)cc1F)N1CCN(CC(=O)N2CCCCCC2)CC1.I. The van der Waals surface area contributed by atoms with Crippen LogP contribution < -0.4 is 5.32 Å². The number of benzene rings is 1. The molecule has 2 heterocycles. The Morgan fingerprint density at radius 2 is 1.68 bits per heavy atom. The molecular weight excluding hydrogens is 515 g/mol. The molecule has 6 nitrogen and oxygen atoms in total. The summed E-state index contributed by atoms with van der Waals surface area (Å²) in [6.07, 6.45) is 5.13. The number of carbonyl (C=O) groups excluding carboxylic acids is 1. The molecule has 31 heavy (non-hydrogen) atoms. The van der Waals surface area contributed by atoms with E-state index in [2.05, 4.69) is 20.1 Å². The van der Waals surface area contributed by atoms with E-state index < -0.39 is 11.6 Å². The van der Waals surface area contributed by atoms with E-state index in [0.29, 0.717) is 25.1 Å². The van der Waals surface area contributed by atoms with Crippen molar-refractivity contribution in [3.63, 3.8) is 0 Å². The molecule has 0 aromatic heterocycles. The van der Waals surface area contributed by atoms with Gasteiger partial charge in [0.15, 0.2) is 5.96 Å². The molecule has 1 aromatic carbocycles. The predicted molar refractivity (Wildman–Crippen MR) is 130 cm³/mol. The minimum atomic E-state index is -0.563. The second kappa shape index (κ2) is 13.1. The zero-order chi connectivity index (χ0) is 21.3. The first-order valence-electron chi connectivity index (χ1n) is 11.0. The number of nitrogens with one attached hydrogen (secondary N) is 1. The van der Waals surface area contributed by atoms with E-state index in [1.165, 1.54) is 25.0 Å². The lowest BCUT2D eigenvalue weighted by molar-refractivity contribution is -0.132. The fourth-order valence-electron chi connectivity index (χ4n) is 4.09. The first-order chi connectivity index (χ1) is 14.6. The first kappa shape index (κ1) is 25.8. The Kier molecular flexibility index (Phi) is 10.9. The summed E-state index contributed by atoms with van der Waals surface area (Å²) in [6, 6.07) is 3.67. The van der Waals surface area contributed by atoms with Crippen molar-refractivity contribution in [2.24, 2.45) is 4.99 Å². The number of amides is 1. The van der Waals surface area contributed by atoms with Crippen LogP contribution >= 0.6 is 24.0 Å². The van der Waals surface area contributed by atoms with E-state index in [0.717, 1.165) is 64.1 Å². The fourth-order valence-corrected chi connectivity index (χ4v) is 4.09. The van der Waals surface area contributed by atoms with Gasteiger partial charge >= 0.3 is 0 Å². The third-order valence-electron chi connectivity index (χ3n) is 5.89. The van der Waals surface area contributed by atoms with E-state index in [9.17, 15) is 13.6 Å². The summed E-state index contributed by atoms with van der Waals surface area (Å²) in [5, 5.41) is 3.27. The highest BCUT2D eigenvalue weighted by Gasteiger charge is 2.23. The molecule has 3 rings (SSSR count). The van der Waals surface area contributed by atoms with Crippen molar-refractivity contribution in [1.82, 2.24) is 20.0 Å². The molecule has 1 amide bonds. The summed E-state index contributed by atoms with van der Waals surface area (Å²) >= 11 is 0. The van der Waals surface area contributed by atoms with Gasteiger partial charge in [0, 0.05) is 58.9 Å². The highest BCUT2D eigenvalue weighted by Crippen LogP contribution is 2.12. The quantitative estimate of drug-likeness (QED) is 0.349. The topological polar surface area (TPSA) is 51.2 Å². The lowest BCUT2D eigenvalue weighted by Gasteiger charge is -2.37. The number of nitrogens with zero attached hydrogens (tertiary/aromatic N) is 4. The number of hydrogen-bond donors (Lipinski definition) is 1. The van der Waals surface area contributed by atoms with E-state index in [1.807, 2.05) is 4.90 Å². The van der Waals surface area contributed by atoms with Gasteiger partial charge in [0.05, 0.1) is 6.54 Å². The molecule has 174 valence electrons. The Morgan fingerprint density at radius 3 is 2.29 bits per heavy atom.